The van der Waals surface area contributed by atoms with E-state index in [1.165, 1.54) is 22.0 Å². The molecule has 3 aromatic carbocycles. The zero-order valence-corrected chi connectivity index (χ0v) is 21.6. The van der Waals surface area contributed by atoms with Gasteiger partial charge >= 0.3 is 0 Å². The number of halogens is 1. The van der Waals surface area contributed by atoms with Crippen molar-refractivity contribution in [1.29, 1.82) is 0 Å². The highest BCUT2D eigenvalue weighted by Crippen LogP contribution is 2.41. The van der Waals surface area contributed by atoms with Crippen LogP contribution in [0.4, 0.5) is 0 Å². The molecule has 0 amide bonds. The van der Waals surface area contributed by atoms with E-state index in [9.17, 15) is 0 Å². The van der Waals surface area contributed by atoms with Crippen LogP contribution >= 0.6 is 15.9 Å². The molecule has 0 aliphatic carbocycles. The Morgan fingerprint density at radius 1 is 0.774 bits per heavy atom. The van der Waals surface area contributed by atoms with Crippen LogP contribution in [0.1, 0.15) is 32.8 Å². The van der Waals surface area contributed by atoms with Crippen molar-refractivity contribution in [2.45, 2.75) is 44.9 Å². The van der Waals surface area contributed by atoms with Crippen molar-refractivity contribution in [1.82, 2.24) is 0 Å². The van der Waals surface area contributed by atoms with Crippen LogP contribution in [-0.4, -0.2) is 20.0 Å². The first kappa shape index (κ1) is 24.0. The summed E-state index contributed by atoms with van der Waals surface area (Å²) in [5.41, 5.74) is 1.24. The monoisotopic (exact) mass is 494 g/mol. The molecule has 1 nitrogen and oxygen atoms in total. The van der Waals surface area contributed by atoms with E-state index in [0.717, 1.165) is 18.4 Å². The van der Waals surface area contributed by atoms with Gasteiger partial charge in [-0.2, -0.15) is 0 Å². The van der Waals surface area contributed by atoms with Crippen molar-refractivity contribution in [3.05, 3.63) is 96.6 Å². The average molecular weight is 496 g/mol. The summed E-state index contributed by atoms with van der Waals surface area (Å²) in [4.78, 5) is 0. The minimum absolute atomic E-state index is 0.180. The third-order valence-electron chi connectivity index (χ3n) is 6.39. The largest absolute Gasteiger partial charge is 0.376 e. The van der Waals surface area contributed by atoms with E-state index in [-0.39, 0.29) is 5.04 Å². The molecule has 0 N–H and O–H groups in total. The maximum absolute atomic E-state index is 6.27. The molecule has 0 saturated heterocycles. The van der Waals surface area contributed by atoms with Crippen molar-refractivity contribution >= 4 is 34.4 Å². The van der Waals surface area contributed by atoms with Crippen LogP contribution in [-0.2, 0) is 11.3 Å². The first-order valence-corrected chi connectivity index (χ1v) is 14.6. The number of rotatable bonds is 10. The molecule has 0 bridgehead atoms. The number of hydrogen-bond acceptors (Lipinski definition) is 1. The van der Waals surface area contributed by atoms with Gasteiger partial charge in [-0.25, -0.2) is 0 Å². The molecule has 0 saturated carbocycles. The van der Waals surface area contributed by atoms with Gasteiger partial charge in [-0.3, -0.25) is 0 Å². The van der Waals surface area contributed by atoms with E-state index in [1.807, 2.05) is 0 Å². The maximum Gasteiger partial charge on any atom is 0.123 e. The molecule has 31 heavy (non-hydrogen) atoms. The summed E-state index contributed by atoms with van der Waals surface area (Å²) in [5, 5.41) is 4.23. The maximum atomic E-state index is 6.27. The lowest BCUT2D eigenvalue weighted by Crippen LogP contribution is -2.65. The molecule has 0 aliphatic heterocycles. The fourth-order valence-corrected chi connectivity index (χ4v) is 11.3. The highest BCUT2D eigenvalue weighted by Gasteiger charge is 2.48. The van der Waals surface area contributed by atoms with Crippen LogP contribution in [0.3, 0.4) is 0 Å². The smallest absolute Gasteiger partial charge is 0.123 e. The zero-order valence-electron chi connectivity index (χ0n) is 19.1. The first-order chi connectivity index (χ1) is 15.0. The predicted octanol–water partition coefficient (Wildman–Crippen LogP) is 6.67. The molecule has 3 heteroatoms. The van der Waals surface area contributed by atoms with Crippen molar-refractivity contribution in [3.63, 3.8) is 0 Å². The van der Waals surface area contributed by atoms with Crippen LogP contribution in [0.25, 0.3) is 0 Å². The van der Waals surface area contributed by atoms with E-state index in [2.05, 4.69) is 128 Å². The topological polar surface area (TPSA) is 9.23 Å². The third kappa shape index (κ3) is 5.97. The highest BCUT2D eigenvalue weighted by molar-refractivity contribution is 9.09. The Labute approximate surface area is 198 Å². The molecule has 164 valence electrons. The van der Waals surface area contributed by atoms with Crippen LogP contribution in [0.5, 0.6) is 0 Å². The van der Waals surface area contributed by atoms with Crippen molar-refractivity contribution in [2.24, 2.45) is 5.92 Å². The molecule has 3 rings (SSSR count). The van der Waals surface area contributed by atoms with Gasteiger partial charge in [0.25, 0.3) is 0 Å². The highest BCUT2D eigenvalue weighted by atomic mass is 79.9. The fourth-order valence-electron chi connectivity index (χ4n) is 4.77. The minimum atomic E-state index is -2.08. The van der Waals surface area contributed by atoms with Gasteiger partial charge in [0.05, 0.1) is 6.61 Å². The summed E-state index contributed by atoms with van der Waals surface area (Å²) in [6.45, 7) is 8.80. The van der Waals surface area contributed by atoms with Crippen molar-refractivity contribution in [3.8, 4) is 0 Å². The second-order valence-electron chi connectivity index (χ2n) is 9.44. The summed E-state index contributed by atoms with van der Waals surface area (Å²) in [6, 6.07) is 34.2. The Morgan fingerprint density at radius 3 is 1.71 bits per heavy atom. The molecule has 0 aliphatic rings. The Balaban J connectivity index is 1.93. The van der Waals surface area contributed by atoms with Crippen LogP contribution in [0, 0.1) is 5.92 Å². The number of alkyl halides is 1. The molecule has 0 fully saturated rings. The Hall–Kier alpha value is -1.68. The van der Waals surface area contributed by atoms with Gasteiger partial charge in [0.1, 0.15) is 8.07 Å². The molecular weight excluding hydrogens is 460 g/mol. The lowest BCUT2D eigenvalue weighted by molar-refractivity contribution is 0.0909. The first-order valence-electron chi connectivity index (χ1n) is 11.3. The molecule has 0 radical (unpaired) electrons. The summed E-state index contributed by atoms with van der Waals surface area (Å²) in [6.07, 6.45) is 1.12. The van der Waals surface area contributed by atoms with Gasteiger partial charge < -0.3 is 4.74 Å². The van der Waals surface area contributed by atoms with Gasteiger partial charge in [0.15, 0.2) is 0 Å². The summed E-state index contributed by atoms with van der Waals surface area (Å²) < 4.78 is 6.27. The van der Waals surface area contributed by atoms with Gasteiger partial charge in [-0.15, -0.1) is 0 Å². The van der Waals surface area contributed by atoms with Crippen molar-refractivity contribution in [2.75, 3.05) is 11.9 Å². The number of hydrogen-bond donors (Lipinski definition) is 0. The zero-order chi connectivity index (χ0) is 22.2. The normalized spacial score (nSPS) is 13.2. The summed E-state index contributed by atoms with van der Waals surface area (Å²) >= 11 is 3.72. The van der Waals surface area contributed by atoms with Gasteiger partial charge in [-0.05, 0) is 29.0 Å². The van der Waals surface area contributed by atoms with E-state index in [0.29, 0.717) is 12.5 Å². The molecular formula is C28H35BrOSi. The second kappa shape index (κ2) is 11.3. The van der Waals surface area contributed by atoms with Crippen LogP contribution < -0.4 is 10.4 Å². The van der Waals surface area contributed by atoms with E-state index >= 15 is 0 Å². The van der Waals surface area contributed by atoms with Gasteiger partial charge in [0.2, 0.25) is 0 Å². The standard InChI is InChI=1S/C28H35BrOSi/c1-28(2,3)31(26-15-9-5-10-16-26,27-17-11-6-12-18-27)23-25(19-20-29)22-30-21-24-13-7-4-8-14-24/h4-18,25H,19-23H2,1-3H3/t25-/m1/s1. The third-order valence-corrected chi connectivity index (χ3v) is 13.2. The summed E-state index contributed by atoms with van der Waals surface area (Å²) in [5.74, 6) is 0.509. The lowest BCUT2D eigenvalue weighted by atomic mass is 10.1. The lowest BCUT2D eigenvalue weighted by Gasteiger charge is -2.46. The molecule has 1 atom stereocenters. The van der Waals surface area contributed by atoms with Crippen molar-refractivity contribution < 1.29 is 4.74 Å². The number of benzene rings is 3. The van der Waals surface area contributed by atoms with E-state index < -0.39 is 8.07 Å². The molecule has 3 aromatic rings. The molecule has 0 spiro atoms. The molecule has 0 heterocycles. The predicted molar refractivity (Wildman–Crippen MR) is 140 cm³/mol. The van der Waals surface area contributed by atoms with Gasteiger partial charge in [-0.1, -0.05) is 138 Å². The SMILES string of the molecule is CC(C)(C)[Si](C[C@H](CCBr)COCc1ccccc1)(c1ccccc1)c1ccccc1. The Morgan fingerprint density at radius 2 is 1.26 bits per heavy atom. The molecule has 0 unspecified atom stereocenters. The number of ether oxygens (including phenoxy) is 1. The van der Waals surface area contributed by atoms with Crippen LogP contribution in [0.15, 0.2) is 91.0 Å². The fraction of sp³-hybridized carbons (Fsp3) is 0.357. The Bertz CT molecular complexity index is 851. The van der Waals surface area contributed by atoms with Gasteiger partial charge in [0, 0.05) is 11.9 Å². The average Bonchev–Trinajstić information content (AvgIpc) is 2.78. The second-order valence-corrected chi connectivity index (χ2v) is 15.1. The van der Waals surface area contributed by atoms with E-state index in [1.54, 1.807) is 0 Å². The Kier molecular flexibility index (Phi) is 8.71. The summed E-state index contributed by atoms with van der Waals surface area (Å²) in [7, 11) is -2.08. The molecule has 0 aromatic heterocycles. The van der Waals surface area contributed by atoms with E-state index in [4.69, 9.17) is 4.74 Å². The van der Waals surface area contributed by atoms with Crippen LogP contribution in [0.2, 0.25) is 11.1 Å². The minimum Gasteiger partial charge on any atom is -0.376 e. The quantitative estimate of drug-likeness (QED) is 0.226.